The van der Waals surface area contributed by atoms with E-state index in [1.165, 1.54) is 21.1 Å². The monoisotopic (exact) mass is 330 g/mol. The number of rotatable bonds is 6. The molecule has 0 fully saturated rings. The molecule has 2 aromatic heterocycles. The predicted octanol–water partition coefficient (Wildman–Crippen LogP) is 2.49. The van der Waals surface area contributed by atoms with E-state index in [0.29, 0.717) is 17.2 Å². The molecule has 0 aliphatic rings. The highest BCUT2D eigenvalue weighted by Gasteiger charge is 2.19. The van der Waals surface area contributed by atoms with Crippen LogP contribution in [-0.4, -0.2) is 14.5 Å². The minimum absolute atomic E-state index is 0.138. The summed E-state index contributed by atoms with van der Waals surface area (Å²) in [5.41, 5.74) is 5.51. The molecule has 2 aromatic rings. The topological polar surface area (TPSA) is 72.2 Å². The molecular weight excluding hydrogens is 312 g/mol. The number of sulfonamides is 1. The molecule has 7 heteroatoms. The zero-order chi connectivity index (χ0) is 14.8. The van der Waals surface area contributed by atoms with Gasteiger partial charge < -0.3 is 5.73 Å². The Morgan fingerprint density at radius 2 is 1.90 bits per heavy atom. The van der Waals surface area contributed by atoms with Gasteiger partial charge in [-0.2, -0.15) is 0 Å². The summed E-state index contributed by atoms with van der Waals surface area (Å²) in [7, 11) is -3.44. The van der Waals surface area contributed by atoms with Gasteiger partial charge in [-0.15, -0.1) is 22.7 Å². The average molecular weight is 330 g/mol. The van der Waals surface area contributed by atoms with Crippen molar-refractivity contribution in [2.24, 2.45) is 5.73 Å². The van der Waals surface area contributed by atoms with Gasteiger partial charge in [0.1, 0.15) is 4.21 Å². The van der Waals surface area contributed by atoms with E-state index in [4.69, 9.17) is 5.73 Å². The van der Waals surface area contributed by atoms with Gasteiger partial charge in [-0.05, 0) is 44.5 Å². The Hall–Kier alpha value is -0.730. The van der Waals surface area contributed by atoms with Crippen LogP contribution in [-0.2, 0) is 23.0 Å². The van der Waals surface area contributed by atoms with Crippen molar-refractivity contribution in [1.29, 1.82) is 0 Å². The number of nitrogens with one attached hydrogen (secondary N) is 1. The summed E-state index contributed by atoms with van der Waals surface area (Å²) < 4.78 is 27.5. The molecule has 0 spiro atoms. The number of hydrogen-bond acceptors (Lipinski definition) is 5. The van der Waals surface area contributed by atoms with E-state index in [-0.39, 0.29) is 6.04 Å². The fourth-order valence-electron chi connectivity index (χ4n) is 1.87. The second-order valence-corrected chi connectivity index (χ2v) is 9.15. The molecule has 20 heavy (non-hydrogen) atoms. The Balaban J connectivity index is 2.04. The number of thiophene rings is 2. The smallest absolute Gasteiger partial charge is 0.250 e. The van der Waals surface area contributed by atoms with Crippen LogP contribution in [0.25, 0.3) is 0 Å². The Morgan fingerprint density at radius 1 is 1.20 bits per heavy atom. The molecule has 2 rings (SSSR count). The SMILES string of the molecule is Cc1ccc(CC(C)NS(=O)(=O)c2ccc(CN)s2)s1. The fraction of sp³-hybridized carbons (Fsp3) is 0.385. The van der Waals surface area contributed by atoms with Crippen molar-refractivity contribution in [3.8, 4) is 0 Å². The lowest BCUT2D eigenvalue weighted by atomic mass is 10.2. The van der Waals surface area contributed by atoms with Gasteiger partial charge in [-0.3, -0.25) is 0 Å². The summed E-state index contributed by atoms with van der Waals surface area (Å²) in [6, 6.07) is 7.32. The first kappa shape index (κ1) is 15.7. The summed E-state index contributed by atoms with van der Waals surface area (Å²) >= 11 is 2.92. The van der Waals surface area contributed by atoms with Gasteiger partial charge in [0.05, 0.1) is 0 Å². The Kier molecular flexibility index (Phi) is 4.98. The molecule has 2 heterocycles. The highest BCUT2D eigenvalue weighted by atomic mass is 32.2. The molecule has 0 radical (unpaired) electrons. The highest BCUT2D eigenvalue weighted by Crippen LogP contribution is 2.22. The van der Waals surface area contributed by atoms with Gasteiger partial charge in [0, 0.05) is 27.2 Å². The van der Waals surface area contributed by atoms with E-state index >= 15 is 0 Å². The minimum atomic E-state index is -3.44. The summed E-state index contributed by atoms with van der Waals surface area (Å²) in [6.07, 6.45) is 0.701. The maximum atomic E-state index is 12.2. The van der Waals surface area contributed by atoms with Gasteiger partial charge in [0.25, 0.3) is 0 Å². The van der Waals surface area contributed by atoms with E-state index in [0.717, 1.165) is 4.88 Å². The standard InChI is InChI=1S/C13H18N2O2S3/c1-9(7-11-4-3-10(2)18-11)15-20(16,17)13-6-5-12(8-14)19-13/h3-6,9,15H,7-8,14H2,1-2H3. The first-order chi connectivity index (χ1) is 9.40. The van der Waals surface area contributed by atoms with Gasteiger partial charge in [0.15, 0.2) is 0 Å². The third-order valence-corrected chi connectivity index (χ3v) is 6.97. The highest BCUT2D eigenvalue weighted by molar-refractivity contribution is 7.91. The van der Waals surface area contributed by atoms with Crippen molar-refractivity contribution in [2.75, 3.05) is 0 Å². The largest absolute Gasteiger partial charge is 0.326 e. The van der Waals surface area contributed by atoms with Crippen LogP contribution in [0.5, 0.6) is 0 Å². The van der Waals surface area contributed by atoms with Crippen molar-refractivity contribution in [3.63, 3.8) is 0 Å². The number of aryl methyl sites for hydroxylation is 1. The van der Waals surface area contributed by atoms with Gasteiger partial charge in [-0.25, -0.2) is 13.1 Å². The van der Waals surface area contributed by atoms with E-state index < -0.39 is 10.0 Å². The van der Waals surface area contributed by atoms with Crippen LogP contribution in [0.4, 0.5) is 0 Å². The third kappa shape index (κ3) is 3.89. The second kappa shape index (κ2) is 6.36. The third-order valence-electron chi connectivity index (χ3n) is 2.76. The van der Waals surface area contributed by atoms with E-state index in [9.17, 15) is 8.42 Å². The second-order valence-electron chi connectivity index (χ2n) is 4.66. The van der Waals surface area contributed by atoms with E-state index in [2.05, 4.69) is 4.72 Å². The summed E-state index contributed by atoms with van der Waals surface area (Å²) in [4.78, 5) is 3.29. The molecule has 3 N–H and O–H groups in total. The first-order valence-corrected chi connectivity index (χ1v) is 9.39. The van der Waals surface area contributed by atoms with Crippen molar-refractivity contribution in [1.82, 2.24) is 4.72 Å². The molecule has 0 aliphatic carbocycles. The van der Waals surface area contributed by atoms with Crippen LogP contribution in [0.2, 0.25) is 0 Å². The average Bonchev–Trinajstić information content (AvgIpc) is 2.97. The lowest BCUT2D eigenvalue weighted by Gasteiger charge is -2.12. The lowest BCUT2D eigenvalue weighted by molar-refractivity contribution is 0.563. The van der Waals surface area contributed by atoms with Crippen molar-refractivity contribution >= 4 is 32.7 Å². The van der Waals surface area contributed by atoms with Crippen molar-refractivity contribution in [2.45, 2.75) is 37.1 Å². The zero-order valence-corrected chi connectivity index (χ0v) is 13.9. The molecule has 1 unspecified atom stereocenters. The van der Waals surface area contributed by atoms with Crippen molar-refractivity contribution in [3.05, 3.63) is 38.9 Å². The molecule has 1 atom stereocenters. The molecule has 0 aromatic carbocycles. The maximum Gasteiger partial charge on any atom is 0.250 e. The normalized spacial score (nSPS) is 13.6. The number of hydrogen-bond donors (Lipinski definition) is 2. The first-order valence-electron chi connectivity index (χ1n) is 6.27. The molecule has 0 bridgehead atoms. The Bertz CT molecular complexity index is 673. The molecule has 0 saturated carbocycles. The minimum Gasteiger partial charge on any atom is -0.326 e. The van der Waals surface area contributed by atoms with Crippen LogP contribution >= 0.6 is 22.7 Å². The quantitative estimate of drug-likeness (QED) is 0.855. The van der Waals surface area contributed by atoms with Crippen LogP contribution in [0.3, 0.4) is 0 Å². The Morgan fingerprint density at radius 3 is 2.45 bits per heavy atom. The van der Waals surface area contributed by atoms with Crippen LogP contribution in [0, 0.1) is 6.92 Å². The molecular formula is C13H18N2O2S3. The molecule has 4 nitrogen and oxygen atoms in total. The summed E-state index contributed by atoms with van der Waals surface area (Å²) in [5.74, 6) is 0. The van der Waals surface area contributed by atoms with E-state index in [1.54, 1.807) is 23.5 Å². The summed E-state index contributed by atoms with van der Waals surface area (Å²) in [6.45, 7) is 4.29. The fourth-order valence-corrected chi connectivity index (χ4v) is 5.39. The molecule has 0 aliphatic heterocycles. The zero-order valence-electron chi connectivity index (χ0n) is 11.4. The lowest BCUT2D eigenvalue weighted by Crippen LogP contribution is -2.33. The maximum absolute atomic E-state index is 12.2. The Labute approximate surface area is 127 Å². The molecule has 110 valence electrons. The van der Waals surface area contributed by atoms with Gasteiger partial charge in [0.2, 0.25) is 10.0 Å². The predicted molar refractivity (Wildman–Crippen MR) is 84.8 cm³/mol. The van der Waals surface area contributed by atoms with Crippen LogP contribution < -0.4 is 10.5 Å². The van der Waals surface area contributed by atoms with Gasteiger partial charge in [-0.1, -0.05) is 0 Å². The number of nitrogens with two attached hydrogens (primary N) is 1. The van der Waals surface area contributed by atoms with Crippen LogP contribution in [0.15, 0.2) is 28.5 Å². The van der Waals surface area contributed by atoms with Gasteiger partial charge >= 0.3 is 0 Å². The molecule has 0 saturated heterocycles. The molecule has 0 amide bonds. The van der Waals surface area contributed by atoms with E-state index in [1.807, 2.05) is 26.0 Å². The van der Waals surface area contributed by atoms with Crippen molar-refractivity contribution < 1.29 is 8.42 Å². The van der Waals surface area contributed by atoms with Crippen LogP contribution in [0.1, 0.15) is 21.6 Å². The summed E-state index contributed by atoms with van der Waals surface area (Å²) in [5, 5.41) is 0.